The molecule has 3 saturated carbocycles. The Bertz CT molecular complexity index is 1880. The van der Waals surface area contributed by atoms with E-state index in [1.54, 1.807) is 32.0 Å². The van der Waals surface area contributed by atoms with Crippen molar-refractivity contribution in [3.63, 3.8) is 0 Å². The van der Waals surface area contributed by atoms with Crippen molar-refractivity contribution in [1.29, 1.82) is 0 Å². The van der Waals surface area contributed by atoms with Crippen molar-refractivity contribution >= 4 is 22.1 Å². The molecule has 2 aromatic carbocycles. The van der Waals surface area contributed by atoms with Crippen molar-refractivity contribution in [2.75, 3.05) is 11.3 Å². The second-order valence-corrected chi connectivity index (χ2v) is 17.0. The average Bonchev–Trinajstić information content (AvgIpc) is 3.78. The Balaban J connectivity index is 1.24. The molecule has 1 aromatic heterocycles. The Labute approximate surface area is 290 Å². The van der Waals surface area contributed by atoms with E-state index in [2.05, 4.69) is 20.0 Å². The summed E-state index contributed by atoms with van der Waals surface area (Å²) in [5, 5.41) is 2.92. The molecule has 3 aliphatic carbocycles. The lowest BCUT2D eigenvalue weighted by molar-refractivity contribution is -0.194. The quantitative estimate of drug-likeness (QED) is 0.265. The molecule has 50 heavy (non-hydrogen) atoms. The van der Waals surface area contributed by atoms with Crippen LogP contribution in [0.15, 0.2) is 53.4 Å². The molecular weight excluding hydrogens is 669 g/mol. The molecule has 3 aromatic rings. The van der Waals surface area contributed by atoms with Gasteiger partial charge in [0.25, 0.3) is 10.0 Å². The molecule has 1 spiro atoms. The fourth-order valence-electron chi connectivity index (χ4n) is 8.77. The maximum Gasteiger partial charge on any atom is 0.407 e. The number of alkyl halides is 3. The predicted molar refractivity (Wildman–Crippen MR) is 181 cm³/mol. The molecule has 0 radical (unpaired) electrons. The van der Waals surface area contributed by atoms with Crippen LogP contribution in [0.4, 0.5) is 23.9 Å². The van der Waals surface area contributed by atoms with Crippen molar-refractivity contribution in [2.45, 2.75) is 102 Å². The Morgan fingerprint density at radius 1 is 1.04 bits per heavy atom. The van der Waals surface area contributed by atoms with E-state index in [9.17, 15) is 26.4 Å². The molecule has 3 fully saturated rings. The number of amides is 1. The van der Waals surface area contributed by atoms with E-state index < -0.39 is 39.5 Å². The van der Waals surface area contributed by atoms with E-state index in [0.29, 0.717) is 11.3 Å². The van der Waals surface area contributed by atoms with Gasteiger partial charge in [-0.2, -0.15) is 18.2 Å². The normalized spacial score (nSPS) is 27.8. The van der Waals surface area contributed by atoms with Crippen LogP contribution in [0.3, 0.4) is 0 Å². The van der Waals surface area contributed by atoms with E-state index in [1.165, 1.54) is 6.07 Å². The van der Waals surface area contributed by atoms with Crippen LogP contribution in [0.1, 0.15) is 81.4 Å². The summed E-state index contributed by atoms with van der Waals surface area (Å²) in [6, 6.07) is 13.9. The fraction of sp³-hybridized carbons (Fsp3) is 0.541. The van der Waals surface area contributed by atoms with E-state index in [4.69, 9.17) is 9.47 Å². The summed E-state index contributed by atoms with van der Waals surface area (Å²) >= 11 is 0. The molecular formula is C37H43F3N4O5S. The number of nitrogens with one attached hydrogen (secondary N) is 2. The Kier molecular flexibility index (Phi) is 8.59. The highest BCUT2D eigenvalue weighted by Gasteiger charge is 2.64. The van der Waals surface area contributed by atoms with Crippen LogP contribution in [0.25, 0.3) is 11.3 Å². The maximum atomic E-state index is 14.5. The minimum absolute atomic E-state index is 0.00353. The van der Waals surface area contributed by atoms with Gasteiger partial charge in [0.2, 0.25) is 11.8 Å². The second kappa shape index (κ2) is 12.4. The minimum Gasteiger partial charge on any atom is -0.477 e. The zero-order chi connectivity index (χ0) is 35.6. The molecule has 2 atom stereocenters. The Morgan fingerprint density at radius 3 is 2.36 bits per heavy atom. The van der Waals surface area contributed by atoms with E-state index in [-0.39, 0.29) is 66.1 Å². The Morgan fingerprint density at radius 2 is 1.72 bits per heavy atom. The zero-order valence-electron chi connectivity index (χ0n) is 28.6. The number of carbonyl (C=O) groups excluding carboxylic acids is 1. The number of hydrogen-bond acceptors (Lipinski definition) is 7. The lowest BCUT2D eigenvalue weighted by Crippen LogP contribution is -2.57. The number of nitrogens with zero attached hydrogens (tertiary/aromatic N) is 2. The fourth-order valence-corrected chi connectivity index (χ4v) is 9.77. The van der Waals surface area contributed by atoms with Gasteiger partial charge in [-0.15, -0.1) is 0 Å². The molecule has 7 rings (SSSR count). The van der Waals surface area contributed by atoms with Crippen molar-refractivity contribution in [3.05, 3.63) is 65.2 Å². The monoisotopic (exact) mass is 712 g/mol. The molecule has 1 amide bonds. The molecule has 2 N–H and O–H groups in total. The highest BCUT2D eigenvalue weighted by Crippen LogP contribution is 2.66. The third-order valence-electron chi connectivity index (χ3n) is 11.2. The Hall–Kier alpha value is -3.87. The number of sulfonamides is 1. The highest BCUT2D eigenvalue weighted by molar-refractivity contribution is 7.92. The van der Waals surface area contributed by atoms with Crippen LogP contribution in [0, 0.1) is 36.5 Å². The predicted octanol–water partition coefficient (Wildman–Crippen LogP) is 8.08. The summed E-state index contributed by atoms with van der Waals surface area (Å²) in [4.78, 5) is 21.1. The lowest BCUT2D eigenvalue weighted by atomic mass is 9.46. The summed E-state index contributed by atoms with van der Waals surface area (Å²) in [6.07, 6.45) is -2.02. The molecule has 4 aliphatic rings. The van der Waals surface area contributed by atoms with Gasteiger partial charge in [-0.3, -0.25) is 0 Å². The second-order valence-electron chi connectivity index (χ2n) is 15.3. The van der Waals surface area contributed by atoms with Crippen LogP contribution < -0.4 is 14.8 Å². The van der Waals surface area contributed by atoms with Crippen LogP contribution in [-0.2, 0) is 14.8 Å². The number of aromatic nitrogens is 2. The van der Waals surface area contributed by atoms with Gasteiger partial charge in [-0.05, 0) is 119 Å². The molecule has 1 unspecified atom stereocenters. The lowest BCUT2D eigenvalue weighted by Gasteiger charge is -2.60. The first-order valence-corrected chi connectivity index (χ1v) is 18.8. The smallest absolute Gasteiger partial charge is 0.407 e. The molecule has 13 heteroatoms. The van der Waals surface area contributed by atoms with Crippen LogP contribution in [0.5, 0.6) is 5.88 Å². The first-order chi connectivity index (χ1) is 23.6. The third-order valence-corrected chi connectivity index (χ3v) is 12.5. The van der Waals surface area contributed by atoms with E-state index >= 15 is 0 Å². The first kappa shape index (κ1) is 34.6. The molecule has 268 valence electrons. The maximum absolute atomic E-state index is 14.5. The first-order valence-electron chi connectivity index (χ1n) is 17.3. The van der Waals surface area contributed by atoms with Crippen molar-refractivity contribution in [3.8, 4) is 17.1 Å². The van der Waals surface area contributed by atoms with Crippen LogP contribution in [0.2, 0.25) is 0 Å². The summed E-state index contributed by atoms with van der Waals surface area (Å²) in [5.41, 5.74) is 1.93. The van der Waals surface area contributed by atoms with Gasteiger partial charge in [-0.25, -0.2) is 22.9 Å². The number of ether oxygens (including phenoxy) is 2. The summed E-state index contributed by atoms with van der Waals surface area (Å²) in [7, 11) is -4.17. The van der Waals surface area contributed by atoms with Gasteiger partial charge in [0.05, 0.1) is 28.7 Å². The average molecular weight is 713 g/mol. The van der Waals surface area contributed by atoms with Crippen molar-refractivity contribution < 1.29 is 35.9 Å². The summed E-state index contributed by atoms with van der Waals surface area (Å²) < 4.78 is 85.3. The SMILES string of the molecule is Cc1cccc(C)c1-c1cc2nc(n1)NS(=O)(=O)c1cccc(c1)C([C@H]1CC3(C[C@H](NC(=O)OC(C)C)C3)C1)[C@H](CC1(C(F)(F)F)CC1)CO2. The number of rotatable bonds is 6. The largest absolute Gasteiger partial charge is 0.477 e. The van der Waals surface area contributed by atoms with E-state index in [1.807, 2.05) is 38.1 Å². The number of anilines is 1. The van der Waals surface area contributed by atoms with Gasteiger partial charge in [0.1, 0.15) is 0 Å². The van der Waals surface area contributed by atoms with Gasteiger partial charge in [0, 0.05) is 23.6 Å². The number of benzene rings is 2. The number of halogens is 3. The van der Waals surface area contributed by atoms with Gasteiger partial charge in [0.15, 0.2) is 0 Å². The zero-order valence-corrected chi connectivity index (χ0v) is 29.5. The molecule has 4 bridgehead atoms. The number of aryl methyl sites for hydroxylation is 2. The molecule has 9 nitrogen and oxygen atoms in total. The summed E-state index contributed by atoms with van der Waals surface area (Å²) in [6.45, 7) is 7.39. The van der Waals surface area contributed by atoms with Gasteiger partial charge >= 0.3 is 12.3 Å². The topological polar surface area (TPSA) is 120 Å². The summed E-state index contributed by atoms with van der Waals surface area (Å²) in [5.74, 6) is -1.07. The number of carbonyl (C=O) groups is 1. The van der Waals surface area contributed by atoms with Gasteiger partial charge < -0.3 is 14.8 Å². The van der Waals surface area contributed by atoms with Gasteiger partial charge in [-0.1, -0.05) is 30.3 Å². The van der Waals surface area contributed by atoms with Crippen molar-refractivity contribution in [2.24, 2.45) is 22.7 Å². The standard InChI is InChI=1S/C37H43F3N4O5S/c1-21(2)49-34(45)41-27-18-35(19-27)15-25(16-35)32-24-9-6-10-28(13-24)50(46,47)44-33-42-29(31-22(3)7-5-8-23(31)4)14-30(43-33)48-20-26(32)17-36(11-12-36)37(38,39)40/h5-10,13-14,21,25-27,32H,11-12,15-20H2,1-4H3,(H,41,45)(H,42,43,44)/t25-,26-,27-,32?,35?/m1/s1. The van der Waals surface area contributed by atoms with Crippen LogP contribution >= 0.6 is 0 Å². The number of fused-ring (bicyclic) bond motifs is 4. The van der Waals surface area contributed by atoms with Crippen LogP contribution in [-0.4, -0.2) is 49.4 Å². The van der Waals surface area contributed by atoms with Crippen molar-refractivity contribution in [1.82, 2.24) is 15.3 Å². The number of hydrogen-bond donors (Lipinski definition) is 2. The minimum atomic E-state index is -4.37. The molecule has 2 heterocycles. The third kappa shape index (κ3) is 6.65. The molecule has 1 aliphatic heterocycles. The number of alkyl carbamates (subject to hydrolysis) is 1. The van der Waals surface area contributed by atoms with E-state index in [0.717, 1.165) is 42.4 Å². The highest BCUT2D eigenvalue weighted by atomic mass is 32.2. The molecule has 0 saturated heterocycles.